The van der Waals surface area contributed by atoms with Crippen LogP contribution < -0.4 is 10.2 Å². The molecule has 3 fully saturated rings. The molecule has 150 valence electrons. The molecule has 1 aromatic rings. The topological polar surface area (TPSA) is 68.7 Å². The Morgan fingerprint density at radius 1 is 0.963 bits per heavy atom. The van der Waals surface area contributed by atoms with E-state index in [1.54, 1.807) is 18.3 Å². The van der Waals surface area contributed by atoms with Crippen LogP contribution in [-0.4, -0.2) is 53.3 Å². The van der Waals surface area contributed by atoms with E-state index in [9.17, 15) is 4.79 Å². The molecule has 0 atom stereocenters. The lowest BCUT2D eigenvalue weighted by Crippen LogP contribution is -2.50. The van der Waals surface area contributed by atoms with Crippen LogP contribution in [0.4, 0.5) is 16.3 Å². The van der Waals surface area contributed by atoms with Gasteiger partial charge in [-0.3, -0.25) is 10.2 Å². The maximum atomic E-state index is 10.7. The molecule has 4 rings (SSSR count). The Balaban J connectivity index is 0.000000299. The highest BCUT2D eigenvalue weighted by molar-refractivity contribution is 5.83. The number of piperazine rings is 1. The van der Waals surface area contributed by atoms with E-state index in [0.29, 0.717) is 5.69 Å². The number of anilines is 2. The standard InChI is InChI=1S/C15H22N4O2.C6H12/c20-15(21)17-12-5-6-16-14(11-12)19-9-7-18(8-10-19)13-3-1-2-4-13;1-2-4-6-5-3-1/h5-6,11,13H,1-4,7-10H2,(H,16,17)(H,20,21);1-6H2. The minimum Gasteiger partial charge on any atom is -0.465 e. The van der Waals surface area contributed by atoms with Gasteiger partial charge >= 0.3 is 6.09 Å². The molecule has 3 aliphatic rings. The Labute approximate surface area is 163 Å². The van der Waals surface area contributed by atoms with E-state index < -0.39 is 6.09 Å². The van der Waals surface area contributed by atoms with Crippen molar-refractivity contribution in [3.8, 4) is 0 Å². The summed E-state index contributed by atoms with van der Waals surface area (Å²) >= 11 is 0. The first-order chi connectivity index (χ1) is 13.2. The van der Waals surface area contributed by atoms with Crippen molar-refractivity contribution >= 4 is 17.6 Å². The summed E-state index contributed by atoms with van der Waals surface area (Å²) < 4.78 is 0. The number of carbonyl (C=O) groups is 1. The van der Waals surface area contributed by atoms with Gasteiger partial charge in [-0.05, 0) is 18.9 Å². The Bertz CT molecular complexity index is 566. The van der Waals surface area contributed by atoms with Gasteiger partial charge in [0, 0.05) is 50.2 Å². The van der Waals surface area contributed by atoms with Crippen molar-refractivity contribution in [2.45, 2.75) is 70.3 Å². The van der Waals surface area contributed by atoms with Crippen LogP contribution in [0.3, 0.4) is 0 Å². The number of nitrogens with one attached hydrogen (secondary N) is 1. The molecule has 0 bridgehead atoms. The van der Waals surface area contributed by atoms with Crippen LogP contribution in [0.1, 0.15) is 64.2 Å². The van der Waals surface area contributed by atoms with Gasteiger partial charge in [0.2, 0.25) is 0 Å². The number of pyridine rings is 1. The van der Waals surface area contributed by atoms with Crippen LogP contribution in [0, 0.1) is 0 Å². The van der Waals surface area contributed by atoms with Gasteiger partial charge in [-0.2, -0.15) is 0 Å². The van der Waals surface area contributed by atoms with Crippen LogP contribution in [0.15, 0.2) is 18.3 Å². The van der Waals surface area contributed by atoms with Gasteiger partial charge in [0.05, 0.1) is 0 Å². The summed E-state index contributed by atoms with van der Waals surface area (Å²) in [5, 5.41) is 11.1. The third-order valence-electron chi connectivity index (χ3n) is 5.98. The van der Waals surface area contributed by atoms with Crippen molar-refractivity contribution in [3.63, 3.8) is 0 Å². The van der Waals surface area contributed by atoms with Gasteiger partial charge in [0.15, 0.2) is 0 Å². The molecule has 6 nitrogen and oxygen atoms in total. The summed E-state index contributed by atoms with van der Waals surface area (Å²) in [6.45, 7) is 4.06. The molecule has 1 aromatic heterocycles. The van der Waals surface area contributed by atoms with E-state index in [-0.39, 0.29) is 0 Å². The SMILES string of the molecule is C1CCCCC1.O=C(O)Nc1ccnc(N2CCN(C3CCCC3)CC2)c1. The van der Waals surface area contributed by atoms with Crippen LogP contribution in [0.25, 0.3) is 0 Å². The molecule has 0 aromatic carbocycles. The molecular weight excluding hydrogens is 340 g/mol. The zero-order valence-electron chi connectivity index (χ0n) is 16.4. The minimum absolute atomic E-state index is 0.575. The third-order valence-corrected chi connectivity index (χ3v) is 5.98. The minimum atomic E-state index is -1.04. The molecular formula is C21H34N4O2. The molecule has 27 heavy (non-hydrogen) atoms. The fourth-order valence-electron chi connectivity index (χ4n) is 4.44. The summed E-state index contributed by atoms with van der Waals surface area (Å²) in [4.78, 5) is 19.9. The van der Waals surface area contributed by atoms with Crippen molar-refractivity contribution in [1.29, 1.82) is 0 Å². The smallest absolute Gasteiger partial charge is 0.409 e. The monoisotopic (exact) mass is 374 g/mol. The van der Waals surface area contributed by atoms with E-state index >= 15 is 0 Å². The quantitative estimate of drug-likeness (QED) is 0.811. The second-order valence-corrected chi connectivity index (χ2v) is 7.92. The first-order valence-electron chi connectivity index (χ1n) is 10.7. The predicted molar refractivity (Wildman–Crippen MR) is 110 cm³/mol. The number of amides is 1. The van der Waals surface area contributed by atoms with E-state index in [1.807, 2.05) is 0 Å². The normalized spacial score (nSPS) is 21.4. The van der Waals surface area contributed by atoms with Crippen molar-refractivity contribution < 1.29 is 9.90 Å². The van der Waals surface area contributed by atoms with Gasteiger partial charge < -0.3 is 10.0 Å². The maximum Gasteiger partial charge on any atom is 0.409 e. The number of carboxylic acid groups (broad SMARTS) is 1. The summed E-state index contributed by atoms with van der Waals surface area (Å²) in [5.41, 5.74) is 0.575. The fraction of sp³-hybridized carbons (Fsp3) is 0.714. The highest BCUT2D eigenvalue weighted by atomic mass is 16.4. The summed E-state index contributed by atoms with van der Waals surface area (Å²) in [6, 6.07) is 4.26. The molecule has 2 N–H and O–H groups in total. The van der Waals surface area contributed by atoms with E-state index in [0.717, 1.165) is 38.0 Å². The number of rotatable bonds is 3. The third kappa shape index (κ3) is 6.38. The average Bonchev–Trinajstić information content (AvgIpc) is 3.25. The molecule has 2 saturated carbocycles. The second-order valence-electron chi connectivity index (χ2n) is 7.92. The second kappa shape index (κ2) is 10.5. The lowest BCUT2D eigenvalue weighted by molar-refractivity contribution is 0.187. The van der Waals surface area contributed by atoms with Crippen molar-refractivity contribution in [2.75, 3.05) is 36.4 Å². The lowest BCUT2D eigenvalue weighted by Gasteiger charge is -2.38. The first-order valence-corrected chi connectivity index (χ1v) is 10.7. The van der Waals surface area contributed by atoms with Crippen LogP contribution in [0.5, 0.6) is 0 Å². The molecule has 1 amide bonds. The van der Waals surface area contributed by atoms with Gasteiger partial charge in [-0.1, -0.05) is 51.4 Å². The van der Waals surface area contributed by atoms with Gasteiger partial charge in [0.25, 0.3) is 0 Å². The Kier molecular flexibility index (Phi) is 7.75. The van der Waals surface area contributed by atoms with Crippen molar-refractivity contribution in [1.82, 2.24) is 9.88 Å². The van der Waals surface area contributed by atoms with Gasteiger partial charge in [-0.15, -0.1) is 0 Å². The van der Waals surface area contributed by atoms with Crippen LogP contribution >= 0.6 is 0 Å². The fourth-order valence-corrected chi connectivity index (χ4v) is 4.44. The predicted octanol–water partition coefficient (Wildman–Crippen LogP) is 4.58. The molecule has 2 heterocycles. The number of aromatic nitrogens is 1. The summed E-state index contributed by atoms with van der Waals surface area (Å²) in [7, 11) is 0. The van der Waals surface area contributed by atoms with E-state index in [2.05, 4.69) is 20.1 Å². The summed E-state index contributed by atoms with van der Waals surface area (Å²) in [5.74, 6) is 0.854. The zero-order chi connectivity index (χ0) is 18.9. The number of hydrogen-bond acceptors (Lipinski definition) is 4. The molecule has 1 saturated heterocycles. The number of nitrogens with zero attached hydrogens (tertiary/aromatic N) is 3. The van der Waals surface area contributed by atoms with Crippen LogP contribution in [-0.2, 0) is 0 Å². The summed E-state index contributed by atoms with van der Waals surface area (Å²) in [6.07, 6.45) is 15.0. The zero-order valence-corrected chi connectivity index (χ0v) is 16.4. The highest BCUT2D eigenvalue weighted by Crippen LogP contribution is 2.25. The molecule has 0 spiro atoms. The average molecular weight is 375 g/mol. The molecule has 1 aliphatic heterocycles. The Morgan fingerprint density at radius 3 is 2.11 bits per heavy atom. The van der Waals surface area contributed by atoms with Crippen molar-refractivity contribution in [2.24, 2.45) is 0 Å². The Hall–Kier alpha value is -1.82. The van der Waals surface area contributed by atoms with Crippen LogP contribution in [0.2, 0.25) is 0 Å². The van der Waals surface area contributed by atoms with Gasteiger partial charge in [-0.25, -0.2) is 9.78 Å². The maximum absolute atomic E-state index is 10.7. The largest absolute Gasteiger partial charge is 0.465 e. The molecule has 6 heteroatoms. The van der Waals surface area contributed by atoms with Crippen molar-refractivity contribution in [3.05, 3.63) is 18.3 Å². The molecule has 0 unspecified atom stereocenters. The first kappa shape index (κ1) is 19.9. The lowest BCUT2D eigenvalue weighted by atomic mass is 10.0. The molecule has 0 radical (unpaired) electrons. The Morgan fingerprint density at radius 2 is 1.56 bits per heavy atom. The highest BCUT2D eigenvalue weighted by Gasteiger charge is 2.26. The van der Waals surface area contributed by atoms with E-state index in [1.165, 1.54) is 64.2 Å². The number of hydrogen-bond donors (Lipinski definition) is 2. The van der Waals surface area contributed by atoms with Gasteiger partial charge in [0.1, 0.15) is 5.82 Å². The van der Waals surface area contributed by atoms with E-state index in [4.69, 9.17) is 5.11 Å². The molecule has 2 aliphatic carbocycles.